The van der Waals surface area contributed by atoms with Gasteiger partial charge in [-0.1, -0.05) is 36.4 Å². The molecule has 6 rings (SSSR count). The number of nitrogens with one attached hydrogen (secondary N) is 2. The number of benzene rings is 3. The number of aromatic nitrogens is 4. The Hall–Kier alpha value is -4.79. The van der Waals surface area contributed by atoms with Crippen molar-refractivity contribution >= 4 is 21.9 Å². The van der Waals surface area contributed by atoms with Crippen molar-refractivity contribution in [2.45, 2.75) is 13.0 Å². The first-order valence-electron chi connectivity index (χ1n) is 11.4. The summed E-state index contributed by atoms with van der Waals surface area (Å²) in [4.78, 5) is 7.65. The fourth-order valence-electron chi connectivity index (χ4n) is 4.29. The van der Waals surface area contributed by atoms with Crippen molar-refractivity contribution in [3.05, 3.63) is 96.8 Å². The molecular weight excluding hydrogens is 481 g/mol. The number of pyridine rings is 1. The molecule has 0 saturated heterocycles. The second kappa shape index (κ2) is 9.02. The number of fused-ring (bicyclic) bond motifs is 2. The molecule has 0 amide bonds. The highest BCUT2D eigenvalue weighted by Crippen LogP contribution is 2.36. The molecule has 0 fully saturated rings. The summed E-state index contributed by atoms with van der Waals surface area (Å²) in [6.07, 6.45) is -1.39. The Morgan fingerprint density at radius 3 is 2.51 bits per heavy atom. The number of halogens is 3. The van der Waals surface area contributed by atoms with Crippen LogP contribution in [0.2, 0.25) is 0 Å². The lowest BCUT2D eigenvalue weighted by atomic mass is 10.0. The van der Waals surface area contributed by atoms with Crippen LogP contribution >= 0.6 is 0 Å². The maximum absolute atomic E-state index is 13.1. The Balaban J connectivity index is 1.40. The van der Waals surface area contributed by atoms with E-state index >= 15 is 0 Å². The highest BCUT2D eigenvalue weighted by molar-refractivity contribution is 5.98. The van der Waals surface area contributed by atoms with E-state index < -0.39 is 6.36 Å². The molecule has 0 atom stereocenters. The molecule has 37 heavy (non-hydrogen) atoms. The van der Waals surface area contributed by atoms with Crippen molar-refractivity contribution < 1.29 is 22.6 Å². The first-order valence-corrected chi connectivity index (χ1v) is 11.4. The van der Waals surface area contributed by atoms with Gasteiger partial charge in [0.2, 0.25) is 0 Å². The van der Waals surface area contributed by atoms with Crippen LogP contribution in [0.4, 0.5) is 13.2 Å². The molecule has 0 spiro atoms. The molecular formula is C28H19F3N4O2. The van der Waals surface area contributed by atoms with Crippen molar-refractivity contribution in [3.8, 4) is 33.9 Å². The monoisotopic (exact) mass is 500 g/mol. The number of H-pyrrole nitrogens is 2. The van der Waals surface area contributed by atoms with E-state index in [0.717, 1.165) is 33.0 Å². The van der Waals surface area contributed by atoms with Crippen LogP contribution < -0.4 is 9.47 Å². The van der Waals surface area contributed by atoms with Gasteiger partial charge in [-0.2, -0.15) is 5.10 Å². The van der Waals surface area contributed by atoms with Crippen molar-refractivity contribution in [2.24, 2.45) is 0 Å². The summed E-state index contributed by atoms with van der Waals surface area (Å²) in [6.45, 7) is 0.199. The van der Waals surface area contributed by atoms with E-state index in [1.165, 1.54) is 12.1 Å². The summed E-state index contributed by atoms with van der Waals surface area (Å²) in [5.41, 5.74) is 5.37. The van der Waals surface area contributed by atoms with Gasteiger partial charge in [0, 0.05) is 34.3 Å². The second-order valence-electron chi connectivity index (χ2n) is 8.49. The fourth-order valence-corrected chi connectivity index (χ4v) is 4.29. The minimum absolute atomic E-state index is 0.199. The van der Waals surface area contributed by atoms with Crippen LogP contribution in [0.15, 0.2) is 91.3 Å². The van der Waals surface area contributed by atoms with E-state index in [9.17, 15) is 13.2 Å². The highest BCUT2D eigenvalue weighted by atomic mass is 19.4. The molecule has 3 aromatic carbocycles. The molecule has 9 heteroatoms. The number of hydrogen-bond donors (Lipinski definition) is 2. The lowest BCUT2D eigenvalue weighted by Gasteiger charge is -2.13. The predicted octanol–water partition coefficient (Wildman–Crippen LogP) is 7.25. The van der Waals surface area contributed by atoms with Crippen molar-refractivity contribution in [2.75, 3.05) is 0 Å². The topological polar surface area (TPSA) is 75.8 Å². The molecule has 6 aromatic rings. The third-order valence-electron chi connectivity index (χ3n) is 5.96. The van der Waals surface area contributed by atoms with Crippen LogP contribution in [0.5, 0.6) is 11.5 Å². The number of nitrogens with zero attached hydrogens (tertiary/aromatic N) is 2. The van der Waals surface area contributed by atoms with Gasteiger partial charge >= 0.3 is 6.36 Å². The zero-order valence-corrected chi connectivity index (χ0v) is 19.2. The van der Waals surface area contributed by atoms with E-state index in [4.69, 9.17) is 4.74 Å². The number of alkyl halides is 3. The van der Waals surface area contributed by atoms with Gasteiger partial charge in [0.1, 0.15) is 23.8 Å². The molecule has 2 N–H and O–H groups in total. The average Bonchev–Trinajstić information content (AvgIpc) is 3.53. The summed E-state index contributed by atoms with van der Waals surface area (Å²) in [5, 5.41) is 8.80. The Morgan fingerprint density at radius 2 is 1.68 bits per heavy atom. The first-order chi connectivity index (χ1) is 17.9. The van der Waals surface area contributed by atoms with Gasteiger partial charge in [0.25, 0.3) is 0 Å². The molecule has 0 unspecified atom stereocenters. The maximum Gasteiger partial charge on any atom is 0.573 e. The number of hydrogen-bond acceptors (Lipinski definition) is 4. The Kier molecular flexibility index (Phi) is 5.52. The second-order valence-corrected chi connectivity index (χ2v) is 8.49. The van der Waals surface area contributed by atoms with Gasteiger partial charge < -0.3 is 14.5 Å². The molecule has 0 radical (unpaired) electrons. The summed E-state index contributed by atoms with van der Waals surface area (Å²) < 4.78 is 49.3. The van der Waals surface area contributed by atoms with Crippen molar-refractivity contribution in [1.29, 1.82) is 0 Å². The minimum Gasteiger partial charge on any atom is -0.489 e. The van der Waals surface area contributed by atoms with Gasteiger partial charge in [0.05, 0.1) is 11.7 Å². The van der Waals surface area contributed by atoms with Crippen molar-refractivity contribution in [3.63, 3.8) is 0 Å². The third kappa shape index (κ3) is 4.84. The van der Waals surface area contributed by atoms with E-state index in [0.29, 0.717) is 16.9 Å². The Morgan fingerprint density at radius 1 is 0.838 bits per heavy atom. The van der Waals surface area contributed by atoms with Crippen LogP contribution in [0.25, 0.3) is 44.3 Å². The zero-order valence-electron chi connectivity index (χ0n) is 19.2. The number of ether oxygens (including phenoxy) is 2. The third-order valence-corrected chi connectivity index (χ3v) is 5.96. The summed E-state index contributed by atoms with van der Waals surface area (Å²) in [6, 6.07) is 23.3. The normalized spacial score (nSPS) is 11.8. The van der Waals surface area contributed by atoms with E-state index in [1.54, 1.807) is 18.5 Å². The van der Waals surface area contributed by atoms with E-state index in [1.807, 2.05) is 60.7 Å². The standard InChI is InChI=1S/C28H19F3N4O2/c29-28(30,31)37-22-12-19(11-21(13-22)36-16-17-4-2-1-3-5-17)26-14-24-23(8-9-32-27(24)34-26)18-6-7-25-20(10-18)15-33-35-25/h1-15H,16H2,(H,32,34)(H,33,35). The van der Waals surface area contributed by atoms with E-state index in [2.05, 4.69) is 24.9 Å². The number of rotatable bonds is 6. The smallest absolute Gasteiger partial charge is 0.489 e. The Bertz CT molecular complexity index is 1710. The molecule has 0 aliphatic rings. The van der Waals surface area contributed by atoms with E-state index in [-0.39, 0.29) is 18.1 Å². The molecule has 0 aliphatic carbocycles. The summed E-state index contributed by atoms with van der Waals surface area (Å²) in [7, 11) is 0. The molecule has 3 heterocycles. The van der Waals surface area contributed by atoms with Crippen LogP contribution in [-0.4, -0.2) is 26.5 Å². The SMILES string of the molecule is FC(F)(F)Oc1cc(OCc2ccccc2)cc(-c2cc3c(-c4ccc5[nH]ncc5c4)ccnc3[nH]2)c1. The lowest BCUT2D eigenvalue weighted by Crippen LogP contribution is -2.17. The van der Waals surface area contributed by atoms with Gasteiger partial charge in [0.15, 0.2) is 0 Å². The number of aromatic amines is 2. The summed E-state index contributed by atoms with van der Waals surface area (Å²) >= 11 is 0. The molecule has 3 aromatic heterocycles. The van der Waals surface area contributed by atoms with Crippen molar-refractivity contribution in [1.82, 2.24) is 20.2 Å². The average molecular weight is 500 g/mol. The van der Waals surface area contributed by atoms with Gasteiger partial charge in [-0.15, -0.1) is 13.2 Å². The highest BCUT2D eigenvalue weighted by Gasteiger charge is 2.31. The maximum atomic E-state index is 13.1. The molecule has 6 nitrogen and oxygen atoms in total. The van der Waals surface area contributed by atoms with Gasteiger partial charge in [-0.3, -0.25) is 5.10 Å². The fraction of sp³-hybridized carbons (Fsp3) is 0.0714. The van der Waals surface area contributed by atoms with Gasteiger partial charge in [-0.05, 0) is 53.1 Å². The van der Waals surface area contributed by atoms with Crippen LogP contribution in [0.1, 0.15) is 5.56 Å². The predicted molar refractivity (Wildman–Crippen MR) is 134 cm³/mol. The largest absolute Gasteiger partial charge is 0.573 e. The van der Waals surface area contributed by atoms with Crippen LogP contribution in [0, 0.1) is 0 Å². The lowest BCUT2D eigenvalue weighted by molar-refractivity contribution is -0.274. The molecule has 0 saturated carbocycles. The molecule has 184 valence electrons. The zero-order chi connectivity index (χ0) is 25.4. The first kappa shape index (κ1) is 22.7. The molecule has 0 bridgehead atoms. The Labute approximate surface area is 208 Å². The van der Waals surface area contributed by atoms with Crippen LogP contribution in [0.3, 0.4) is 0 Å². The van der Waals surface area contributed by atoms with Gasteiger partial charge in [-0.25, -0.2) is 4.98 Å². The molecule has 0 aliphatic heterocycles. The summed E-state index contributed by atoms with van der Waals surface area (Å²) in [5.74, 6) is -0.122. The van der Waals surface area contributed by atoms with Crippen LogP contribution in [-0.2, 0) is 6.61 Å². The quantitative estimate of drug-likeness (QED) is 0.253. The minimum atomic E-state index is -4.84.